The van der Waals surface area contributed by atoms with Crippen LogP contribution in [0.15, 0.2) is 45.8 Å². The minimum absolute atomic E-state index is 0.220. The van der Waals surface area contributed by atoms with Crippen molar-refractivity contribution >= 4 is 74.1 Å². The largest absolute Gasteiger partial charge is 0.488 e. The van der Waals surface area contributed by atoms with Gasteiger partial charge in [0.1, 0.15) is 18.4 Å². The van der Waals surface area contributed by atoms with Crippen LogP contribution in [0.25, 0.3) is 6.08 Å². The molecule has 0 N–H and O–H groups in total. The van der Waals surface area contributed by atoms with E-state index in [-0.39, 0.29) is 4.91 Å². The molecule has 0 unspecified atom stereocenters. The highest BCUT2D eigenvalue weighted by atomic mass is 79.9. The van der Waals surface area contributed by atoms with Crippen molar-refractivity contribution in [2.45, 2.75) is 19.6 Å². The molecule has 31 heavy (non-hydrogen) atoms. The second-order valence-corrected chi connectivity index (χ2v) is 9.14. The molecule has 1 aliphatic rings. The first-order valence-corrected chi connectivity index (χ1v) is 11.3. The monoisotopic (exact) mass is 543 g/mol. The number of carbonyl (C=O) groups is 3. The van der Waals surface area contributed by atoms with Gasteiger partial charge in [-0.15, -0.1) is 0 Å². The Labute approximate surface area is 201 Å². The summed E-state index contributed by atoms with van der Waals surface area (Å²) in [6.45, 7) is 1.74. The second kappa shape index (κ2) is 10.1. The van der Waals surface area contributed by atoms with Crippen molar-refractivity contribution in [3.05, 3.63) is 66.9 Å². The Morgan fingerprint density at radius 1 is 1.19 bits per heavy atom. The van der Waals surface area contributed by atoms with Gasteiger partial charge in [0.25, 0.3) is 11.1 Å². The Bertz CT molecular complexity index is 1090. The summed E-state index contributed by atoms with van der Waals surface area (Å²) >= 11 is 16.2. The van der Waals surface area contributed by atoms with E-state index in [2.05, 4.69) is 20.7 Å². The van der Waals surface area contributed by atoms with Crippen LogP contribution in [0.4, 0.5) is 4.79 Å². The molecule has 1 fully saturated rings. The summed E-state index contributed by atoms with van der Waals surface area (Å²) in [5, 5.41) is 0.406. The second-order valence-electron chi connectivity index (χ2n) is 6.48. The molecule has 2 aromatic rings. The number of benzene rings is 2. The van der Waals surface area contributed by atoms with Crippen LogP contribution in [-0.2, 0) is 20.9 Å². The first-order valence-electron chi connectivity index (χ1n) is 8.92. The van der Waals surface area contributed by atoms with Crippen molar-refractivity contribution < 1.29 is 23.9 Å². The topological polar surface area (TPSA) is 72.9 Å². The van der Waals surface area contributed by atoms with Crippen LogP contribution in [0.1, 0.15) is 18.1 Å². The number of carbonyl (C=O) groups excluding carboxylic acids is 3. The molecule has 1 atom stereocenters. The quantitative estimate of drug-likeness (QED) is 0.331. The number of thioether (sulfide) groups is 1. The predicted molar refractivity (Wildman–Crippen MR) is 124 cm³/mol. The van der Waals surface area contributed by atoms with Crippen LogP contribution in [0, 0.1) is 0 Å². The summed E-state index contributed by atoms with van der Waals surface area (Å²) in [5.74, 6) is -0.602. The third kappa shape index (κ3) is 5.44. The lowest BCUT2D eigenvalue weighted by Gasteiger charge is -2.18. The fourth-order valence-corrected chi connectivity index (χ4v) is 4.50. The van der Waals surface area contributed by atoms with Gasteiger partial charge in [-0.05, 0) is 76.1 Å². The molecule has 0 aromatic heterocycles. The van der Waals surface area contributed by atoms with E-state index in [4.69, 9.17) is 27.9 Å². The molecule has 0 spiro atoms. The van der Waals surface area contributed by atoms with E-state index >= 15 is 0 Å². The SMILES string of the molecule is COC(=O)[C@@H](C)N1C(=O)S/C(=C/c2ccc(OCc3ccc(Cl)c(Cl)c3)c(Br)c2)C1=O. The van der Waals surface area contributed by atoms with E-state index in [1.54, 1.807) is 36.4 Å². The molecule has 0 radical (unpaired) electrons. The van der Waals surface area contributed by atoms with Crippen LogP contribution in [0.3, 0.4) is 0 Å². The molecule has 6 nitrogen and oxygen atoms in total. The number of rotatable bonds is 6. The third-order valence-corrected chi connectivity index (χ3v) is 6.63. The predicted octanol–water partition coefficient (Wildman–Crippen LogP) is 5.93. The van der Waals surface area contributed by atoms with Gasteiger partial charge in [-0.2, -0.15) is 0 Å². The maximum Gasteiger partial charge on any atom is 0.328 e. The number of nitrogens with zero attached hydrogens (tertiary/aromatic N) is 1. The Morgan fingerprint density at radius 2 is 1.94 bits per heavy atom. The van der Waals surface area contributed by atoms with Crippen LogP contribution >= 0.6 is 50.9 Å². The number of hydrogen-bond donors (Lipinski definition) is 0. The average molecular weight is 545 g/mol. The molecule has 1 aliphatic heterocycles. The molecule has 0 aliphatic carbocycles. The molecule has 10 heteroatoms. The normalized spacial score (nSPS) is 16.0. The Morgan fingerprint density at radius 3 is 2.58 bits per heavy atom. The minimum Gasteiger partial charge on any atom is -0.488 e. The number of hydrogen-bond acceptors (Lipinski definition) is 6. The van der Waals surface area contributed by atoms with Crippen LogP contribution < -0.4 is 4.74 Å². The number of ether oxygens (including phenoxy) is 2. The fraction of sp³-hybridized carbons (Fsp3) is 0.190. The van der Waals surface area contributed by atoms with Gasteiger partial charge in [0.15, 0.2) is 0 Å². The maximum absolute atomic E-state index is 12.6. The van der Waals surface area contributed by atoms with E-state index < -0.39 is 23.2 Å². The molecule has 1 saturated heterocycles. The highest BCUT2D eigenvalue weighted by molar-refractivity contribution is 9.10. The number of esters is 1. The van der Waals surface area contributed by atoms with Gasteiger partial charge in [-0.1, -0.05) is 35.3 Å². The molecule has 2 aromatic carbocycles. The highest BCUT2D eigenvalue weighted by Gasteiger charge is 2.41. The number of methoxy groups -OCH3 is 1. The van der Waals surface area contributed by atoms with Crippen molar-refractivity contribution in [3.63, 3.8) is 0 Å². The zero-order valence-corrected chi connectivity index (χ0v) is 20.3. The molecular weight excluding hydrogens is 529 g/mol. The van der Waals surface area contributed by atoms with Gasteiger partial charge in [0.2, 0.25) is 0 Å². The summed E-state index contributed by atoms with van der Waals surface area (Å²) in [6.07, 6.45) is 1.59. The molecular formula is C21H16BrCl2NO5S. The van der Waals surface area contributed by atoms with Crippen molar-refractivity contribution in [2.75, 3.05) is 7.11 Å². The van der Waals surface area contributed by atoms with Crippen molar-refractivity contribution in [2.24, 2.45) is 0 Å². The summed E-state index contributed by atoms with van der Waals surface area (Å²) in [6, 6.07) is 9.53. The minimum atomic E-state index is -0.993. The zero-order chi connectivity index (χ0) is 22.7. The fourth-order valence-electron chi connectivity index (χ4n) is 2.76. The molecule has 3 rings (SSSR count). The van der Waals surface area contributed by atoms with Crippen LogP contribution in [-0.4, -0.2) is 35.2 Å². The maximum atomic E-state index is 12.6. The Kier molecular flexibility index (Phi) is 7.69. The molecule has 1 heterocycles. The Balaban J connectivity index is 1.73. The summed E-state index contributed by atoms with van der Waals surface area (Å²) in [5.41, 5.74) is 1.55. The van der Waals surface area contributed by atoms with E-state index in [1.807, 2.05) is 6.07 Å². The van der Waals surface area contributed by atoms with Gasteiger partial charge in [-0.3, -0.25) is 14.5 Å². The number of amides is 2. The summed E-state index contributed by atoms with van der Waals surface area (Å²) in [4.78, 5) is 37.6. The van der Waals surface area contributed by atoms with Crippen LogP contribution in [0.5, 0.6) is 5.75 Å². The van der Waals surface area contributed by atoms with Gasteiger partial charge in [0, 0.05) is 0 Å². The van der Waals surface area contributed by atoms with E-state index in [9.17, 15) is 14.4 Å². The van der Waals surface area contributed by atoms with Crippen molar-refractivity contribution in [3.8, 4) is 5.75 Å². The first kappa shape index (κ1) is 23.7. The standard InChI is InChI=1S/C21H16BrCl2NO5S/c1-11(20(27)29-2)25-19(26)18(31-21(25)28)9-12-4-6-17(14(22)7-12)30-10-13-3-5-15(23)16(24)8-13/h3-9,11H,10H2,1-2H3/b18-9+/t11-/m1/s1. The molecule has 0 bridgehead atoms. The lowest BCUT2D eigenvalue weighted by molar-refractivity contribution is -0.148. The average Bonchev–Trinajstić information content (AvgIpc) is 3.01. The first-order chi connectivity index (χ1) is 14.7. The molecule has 162 valence electrons. The Hall–Kier alpha value is -2.00. The lowest BCUT2D eigenvalue weighted by atomic mass is 10.2. The smallest absolute Gasteiger partial charge is 0.328 e. The van der Waals surface area contributed by atoms with Gasteiger partial charge < -0.3 is 9.47 Å². The van der Waals surface area contributed by atoms with Crippen molar-refractivity contribution in [1.29, 1.82) is 0 Å². The lowest BCUT2D eigenvalue weighted by Crippen LogP contribution is -2.42. The highest BCUT2D eigenvalue weighted by Crippen LogP contribution is 2.35. The van der Waals surface area contributed by atoms with E-state index in [1.165, 1.54) is 14.0 Å². The van der Waals surface area contributed by atoms with Crippen molar-refractivity contribution in [1.82, 2.24) is 4.90 Å². The van der Waals surface area contributed by atoms with Gasteiger partial charge in [0.05, 0.1) is 26.5 Å². The summed E-state index contributed by atoms with van der Waals surface area (Å²) in [7, 11) is 1.20. The summed E-state index contributed by atoms with van der Waals surface area (Å²) < 4.78 is 11.1. The van der Waals surface area contributed by atoms with Gasteiger partial charge in [-0.25, -0.2) is 4.79 Å². The zero-order valence-electron chi connectivity index (χ0n) is 16.4. The number of halogens is 3. The number of imide groups is 1. The van der Waals surface area contributed by atoms with Gasteiger partial charge >= 0.3 is 5.97 Å². The molecule has 0 saturated carbocycles. The van der Waals surface area contributed by atoms with Crippen LogP contribution in [0.2, 0.25) is 10.0 Å². The molecule has 2 amide bonds. The van der Waals surface area contributed by atoms with E-state index in [0.717, 1.165) is 22.2 Å². The van der Waals surface area contributed by atoms with E-state index in [0.29, 0.717) is 32.4 Å². The third-order valence-electron chi connectivity index (χ3n) is 4.39.